The van der Waals surface area contributed by atoms with E-state index in [1.54, 1.807) is 18.3 Å². The fourth-order valence-electron chi connectivity index (χ4n) is 6.01. The first kappa shape index (κ1) is 32.1. The van der Waals surface area contributed by atoms with Gasteiger partial charge in [-0.25, -0.2) is 0 Å². The second kappa shape index (κ2) is 15.6. The zero-order chi connectivity index (χ0) is 30.9. The maximum atomic E-state index is 13.1. The van der Waals surface area contributed by atoms with Gasteiger partial charge in [-0.2, -0.15) is 0 Å². The number of aliphatic hydroxyl groups excluding tert-OH is 1. The quantitative estimate of drug-likeness (QED) is 0.282. The minimum absolute atomic E-state index is 0.0318. The van der Waals surface area contributed by atoms with Crippen LogP contribution in [-0.4, -0.2) is 92.8 Å². The molecule has 0 aliphatic carbocycles. The largest absolute Gasteiger partial charge is 0.507 e. The summed E-state index contributed by atoms with van der Waals surface area (Å²) in [6, 6.07) is 19.4. The molecule has 2 aromatic carbocycles. The number of likely N-dealkylation sites (tertiary alicyclic amines) is 2. The van der Waals surface area contributed by atoms with E-state index in [1.165, 1.54) is 17.9 Å². The van der Waals surface area contributed by atoms with Crippen LogP contribution in [-0.2, 0) is 23.8 Å². The second-order valence-electron chi connectivity index (χ2n) is 12.0. The highest BCUT2D eigenvalue weighted by Gasteiger charge is 2.25. The van der Waals surface area contributed by atoms with Crippen LogP contribution in [0.2, 0.25) is 0 Å². The van der Waals surface area contributed by atoms with Crippen LogP contribution < -0.4 is 10.1 Å². The minimum Gasteiger partial charge on any atom is -0.507 e. The Morgan fingerprint density at radius 3 is 2.48 bits per heavy atom. The Kier molecular flexibility index (Phi) is 11.4. The number of benzene rings is 2. The summed E-state index contributed by atoms with van der Waals surface area (Å²) in [5.74, 6) is 1.13. The molecule has 2 fully saturated rings. The zero-order valence-electron chi connectivity index (χ0n) is 25.4. The van der Waals surface area contributed by atoms with E-state index >= 15 is 0 Å². The summed E-state index contributed by atoms with van der Waals surface area (Å²) in [5, 5.41) is 23.6. The number of hydrogen-bond acceptors (Lipinski definition) is 8. The SMILES string of the molecule is CS(=O)c1cc(OCC(O)CNC2CCN(Cc3ccc(C(=O)N4CCC(Cc5ccccc5)CC4)cn3)CC2)ccc1O. The van der Waals surface area contributed by atoms with Gasteiger partial charge in [-0.1, -0.05) is 30.3 Å². The first-order chi connectivity index (χ1) is 21.3. The molecule has 3 heterocycles. The number of nitrogens with zero attached hydrogens (tertiary/aromatic N) is 3. The van der Waals surface area contributed by atoms with Crippen LogP contribution >= 0.6 is 0 Å². The van der Waals surface area contributed by atoms with Crippen molar-refractivity contribution in [1.29, 1.82) is 0 Å². The van der Waals surface area contributed by atoms with Crippen LogP contribution in [0.3, 0.4) is 0 Å². The number of carbonyl (C=O) groups excluding carboxylic acids is 1. The summed E-state index contributed by atoms with van der Waals surface area (Å²) < 4.78 is 17.4. The summed E-state index contributed by atoms with van der Waals surface area (Å²) in [6.45, 7) is 4.71. The number of piperidine rings is 2. The molecule has 3 aromatic rings. The summed E-state index contributed by atoms with van der Waals surface area (Å²) in [5.41, 5.74) is 3.00. The highest BCUT2D eigenvalue weighted by Crippen LogP contribution is 2.26. The molecule has 2 aliphatic rings. The summed E-state index contributed by atoms with van der Waals surface area (Å²) in [7, 11) is -1.33. The van der Waals surface area contributed by atoms with Gasteiger partial charge in [-0.15, -0.1) is 0 Å². The molecule has 9 nitrogen and oxygen atoms in total. The maximum absolute atomic E-state index is 13.1. The van der Waals surface area contributed by atoms with Gasteiger partial charge in [0, 0.05) is 57.8 Å². The molecule has 5 rings (SSSR count). The van der Waals surface area contributed by atoms with E-state index in [0.717, 1.165) is 70.5 Å². The standard InChI is InChI=1S/C34H44N4O5S/c1-44(42)33-20-31(9-10-32(33)40)43-24-30(39)22-36-28-13-15-37(16-14-28)23-29-8-7-27(21-35-29)34(41)38-17-11-26(12-18-38)19-25-5-3-2-4-6-25/h2-10,20-21,26,28,30,36,39-40H,11-19,22-24H2,1H3. The topological polar surface area (TPSA) is 115 Å². The first-order valence-electron chi connectivity index (χ1n) is 15.5. The number of phenols is 1. The number of aromatic nitrogens is 1. The molecular weight excluding hydrogens is 576 g/mol. The molecule has 3 N–H and O–H groups in total. The van der Waals surface area contributed by atoms with Crippen LogP contribution in [0, 0.1) is 5.92 Å². The van der Waals surface area contributed by atoms with Gasteiger partial charge >= 0.3 is 0 Å². The number of pyridine rings is 1. The van der Waals surface area contributed by atoms with Crippen molar-refractivity contribution in [3.8, 4) is 11.5 Å². The van der Waals surface area contributed by atoms with Crippen LogP contribution in [0.5, 0.6) is 11.5 Å². The number of ether oxygens (including phenoxy) is 1. The highest BCUT2D eigenvalue weighted by atomic mass is 32.2. The summed E-state index contributed by atoms with van der Waals surface area (Å²) in [6.07, 6.45) is 7.62. The number of aromatic hydroxyl groups is 1. The molecule has 1 aromatic heterocycles. The van der Waals surface area contributed by atoms with Crippen LogP contribution in [0.4, 0.5) is 0 Å². The Morgan fingerprint density at radius 2 is 1.80 bits per heavy atom. The zero-order valence-corrected chi connectivity index (χ0v) is 26.3. The predicted octanol–water partition coefficient (Wildman–Crippen LogP) is 3.61. The van der Waals surface area contributed by atoms with Gasteiger partial charge in [0.2, 0.25) is 0 Å². The van der Waals surface area contributed by atoms with E-state index in [9.17, 15) is 19.2 Å². The van der Waals surface area contributed by atoms with Gasteiger partial charge in [0.05, 0.1) is 27.0 Å². The van der Waals surface area contributed by atoms with E-state index in [1.807, 2.05) is 17.0 Å². The molecule has 2 unspecified atom stereocenters. The van der Waals surface area contributed by atoms with Gasteiger partial charge < -0.3 is 25.2 Å². The van der Waals surface area contributed by atoms with Crippen molar-refractivity contribution in [2.45, 2.75) is 55.7 Å². The molecule has 0 bridgehead atoms. The Bertz CT molecular complexity index is 1370. The number of hydrogen-bond donors (Lipinski definition) is 3. The maximum Gasteiger partial charge on any atom is 0.255 e. The Labute approximate surface area is 262 Å². The molecule has 0 spiro atoms. The van der Waals surface area contributed by atoms with Crippen molar-refractivity contribution in [2.75, 3.05) is 45.6 Å². The lowest BCUT2D eigenvalue weighted by Gasteiger charge is -2.33. The number of amides is 1. The molecule has 0 saturated carbocycles. The molecule has 2 saturated heterocycles. The lowest BCUT2D eigenvalue weighted by atomic mass is 9.90. The third-order valence-corrected chi connectivity index (χ3v) is 9.59. The Morgan fingerprint density at radius 1 is 1.05 bits per heavy atom. The monoisotopic (exact) mass is 620 g/mol. The van der Waals surface area contributed by atoms with Crippen molar-refractivity contribution in [3.63, 3.8) is 0 Å². The number of aliphatic hydroxyl groups is 1. The fraction of sp³-hybridized carbons (Fsp3) is 0.471. The molecule has 1 amide bonds. The first-order valence-corrected chi connectivity index (χ1v) is 17.1. The molecular formula is C34H44N4O5S. The lowest BCUT2D eigenvalue weighted by molar-refractivity contribution is 0.0690. The Hall–Kier alpha value is -3.31. The molecule has 2 aliphatic heterocycles. The van der Waals surface area contributed by atoms with Crippen LogP contribution in [0.25, 0.3) is 0 Å². The van der Waals surface area contributed by atoms with Crippen molar-refractivity contribution in [2.24, 2.45) is 5.92 Å². The predicted molar refractivity (Wildman–Crippen MR) is 171 cm³/mol. The van der Waals surface area contributed by atoms with E-state index in [-0.39, 0.29) is 18.3 Å². The lowest BCUT2D eigenvalue weighted by Crippen LogP contribution is -2.45. The smallest absolute Gasteiger partial charge is 0.255 e. The van der Waals surface area contributed by atoms with Crippen LogP contribution in [0.15, 0.2) is 71.8 Å². The van der Waals surface area contributed by atoms with Gasteiger partial charge in [-0.3, -0.25) is 18.9 Å². The van der Waals surface area contributed by atoms with Gasteiger partial charge in [0.25, 0.3) is 5.91 Å². The Balaban J connectivity index is 0.982. The average molecular weight is 621 g/mol. The number of phenolic OH excluding ortho intramolecular Hbond substituents is 1. The van der Waals surface area contributed by atoms with Crippen molar-refractivity contribution in [3.05, 3.63) is 83.7 Å². The normalized spacial score (nSPS) is 18.2. The fourth-order valence-corrected chi connectivity index (χ4v) is 6.65. The van der Waals surface area contributed by atoms with Crippen molar-refractivity contribution >= 4 is 16.7 Å². The molecule has 10 heteroatoms. The number of nitrogens with one attached hydrogen (secondary N) is 1. The van der Waals surface area contributed by atoms with E-state index in [2.05, 4.69) is 45.5 Å². The van der Waals surface area contributed by atoms with Gasteiger partial charge in [0.1, 0.15) is 24.2 Å². The van der Waals surface area contributed by atoms with E-state index in [0.29, 0.717) is 34.7 Å². The second-order valence-corrected chi connectivity index (χ2v) is 13.3. The van der Waals surface area contributed by atoms with E-state index in [4.69, 9.17) is 4.74 Å². The van der Waals surface area contributed by atoms with Crippen molar-refractivity contribution in [1.82, 2.24) is 20.1 Å². The van der Waals surface area contributed by atoms with Gasteiger partial charge in [0.15, 0.2) is 0 Å². The highest BCUT2D eigenvalue weighted by molar-refractivity contribution is 7.84. The summed E-state index contributed by atoms with van der Waals surface area (Å²) >= 11 is 0. The average Bonchev–Trinajstić information content (AvgIpc) is 3.05. The third kappa shape index (κ3) is 9.11. The number of rotatable bonds is 12. The molecule has 2 atom stereocenters. The summed E-state index contributed by atoms with van der Waals surface area (Å²) in [4.78, 5) is 22.4. The van der Waals surface area contributed by atoms with Gasteiger partial charge in [-0.05, 0) is 73.9 Å². The minimum atomic E-state index is -1.33. The molecule has 0 radical (unpaired) electrons. The van der Waals surface area contributed by atoms with E-state index < -0.39 is 16.9 Å². The van der Waals surface area contributed by atoms with Crippen molar-refractivity contribution < 1.29 is 24.0 Å². The van der Waals surface area contributed by atoms with Crippen LogP contribution in [0.1, 0.15) is 47.3 Å². The molecule has 236 valence electrons. The third-order valence-electron chi connectivity index (χ3n) is 8.64. The molecule has 44 heavy (non-hydrogen) atoms. The number of carbonyl (C=O) groups is 1.